The summed E-state index contributed by atoms with van der Waals surface area (Å²) < 4.78 is 4.74. The molecule has 102 valence electrons. The fourth-order valence-corrected chi connectivity index (χ4v) is 2.22. The van der Waals surface area contributed by atoms with Gasteiger partial charge in [-0.1, -0.05) is 11.6 Å². The molecule has 1 aromatic heterocycles. The Balaban J connectivity index is 2.20. The SMILES string of the molecule is COC(=O)C1CCCCN1C(=O)c1cnc(Cl)cn1. The Bertz CT molecular complexity index is 478. The number of hydrogen-bond acceptors (Lipinski definition) is 5. The molecule has 0 spiro atoms. The third-order valence-corrected chi connectivity index (χ3v) is 3.27. The van der Waals surface area contributed by atoms with Gasteiger partial charge in [0.2, 0.25) is 0 Å². The summed E-state index contributed by atoms with van der Waals surface area (Å²) in [6, 6.07) is -0.538. The Morgan fingerprint density at radius 3 is 2.79 bits per heavy atom. The van der Waals surface area contributed by atoms with E-state index in [1.165, 1.54) is 24.4 Å². The van der Waals surface area contributed by atoms with Crippen LogP contribution in [0.25, 0.3) is 0 Å². The van der Waals surface area contributed by atoms with Gasteiger partial charge in [0.25, 0.3) is 5.91 Å². The maximum absolute atomic E-state index is 12.3. The summed E-state index contributed by atoms with van der Waals surface area (Å²) in [5.74, 6) is -0.714. The first kappa shape index (κ1) is 13.7. The van der Waals surface area contributed by atoms with Crippen molar-refractivity contribution in [2.24, 2.45) is 0 Å². The Morgan fingerprint density at radius 2 is 2.16 bits per heavy atom. The molecule has 1 atom stereocenters. The highest BCUT2D eigenvalue weighted by atomic mass is 35.5. The molecule has 19 heavy (non-hydrogen) atoms. The third-order valence-electron chi connectivity index (χ3n) is 3.08. The molecule has 0 bridgehead atoms. The molecule has 2 heterocycles. The Kier molecular flexibility index (Phi) is 4.31. The standard InChI is InChI=1S/C12H14ClN3O3/c1-19-12(18)9-4-2-3-5-16(9)11(17)8-6-15-10(13)7-14-8/h6-7,9H,2-5H2,1H3. The van der Waals surface area contributed by atoms with Crippen molar-refractivity contribution in [1.29, 1.82) is 0 Å². The number of likely N-dealkylation sites (tertiary alicyclic amines) is 1. The molecule has 0 aromatic carbocycles. The van der Waals surface area contributed by atoms with E-state index < -0.39 is 12.0 Å². The molecule has 0 radical (unpaired) electrons. The van der Waals surface area contributed by atoms with Crippen molar-refractivity contribution in [2.75, 3.05) is 13.7 Å². The number of esters is 1. The number of ether oxygens (including phenoxy) is 1. The van der Waals surface area contributed by atoms with E-state index in [2.05, 4.69) is 9.97 Å². The van der Waals surface area contributed by atoms with Gasteiger partial charge in [-0.2, -0.15) is 0 Å². The normalized spacial score (nSPS) is 19.1. The molecular formula is C12H14ClN3O3. The second-order valence-electron chi connectivity index (χ2n) is 4.26. The van der Waals surface area contributed by atoms with Crippen LogP contribution in [0.2, 0.25) is 5.15 Å². The molecule has 1 fully saturated rings. The van der Waals surface area contributed by atoms with Crippen LogP contribution in [0.5, 0.6) is 0 Å². The lowest BCUT2D eigenvalue weighted by atomic mass is 10.0. The minimum Gasteiger partial charge on any atom is -0.467 e. The van der Waals surface area contributed by atoms with Crippen molar-refractivity contribution >= 4 is 23.5 Å². The van der Waals surface area contributed by atoms with E-state index in [-0.39, 0.29) is 16.8 Å². The van der Waals surface area contributed by atoms with Gasteiger partial charge in [0.1, 0.15) is 16.9 Å². The molecule has 1 saturated heterocycles. The fourth-order valence-electron chi connectivity index (χ4n) is 2.13. The molecule has 6 nitrogen and oxygen atoms in total. The van der Waals surface area contributed by atoms with Crippen LogP contribution in [0.15, 0.2) is 12.4 Å². The first-order valence-corrected chi connectivity index (χ1v) is 6.37. The van der Waals surface area contributed by atoms with Crippen molar-refractivity contribution in [3.05, 3.63) is 23.2 Å². The number of nitrogens with zero attached hydrogens (tertiary/aromatic N) is 3. The highest BCUT2D eigenvalue weighted by Gasteiger charge is 2.33. The molecule has 1 aliphatic rings. The Labute approximate surface area is 115 Å². The third kappa shape index (κ3) is 3.01. The fraction of sp³-hybridized carbons (Fsp3) is 0.500. The van der Waals surface area contributed by atoms with Crippen LogP contribution < -0.4 is 0 Å². The highest BCUT2D eigenvalue weighted by molar-refractivity contribution is 6.29. The molecule has 0 saturated carbocycles. The van der Waals surface area contributed by atoms with E-state index in [9.17, 15) is 9.59 Å². The largest absolute Gasteiger partial charge is 0.467 e. The lowest BCUT2D eigenvalue weighted by Crippen LogP contribution is -2.48. The zero-order valence-electron chi connectivity index (χ0n) is 10.5. The van der Waals surface area contributed by atoms with Crippen LogP contribution in [0, 0.1) is 0 Å². The van der Waals surface area contributed by atoms with Crippen LogP contribution in [0.4, 0.5) is 0 Å². The molecule has 1 aromatic rings. The molecule has 0 aliphatic carbocycles. The molecule has 7 heteroatoms. The van der Waals surface area contributed by atoms with Gasteiger partial charge in [-0.15, -0.1) is 0 Å². The van der Waals surface area contributed by atoms with E-state index in [0.717, 1.165) is 12.8 Å². The van der Waals surface area contributed by atoms with E-state index in [0.29, 0.717) is 13.0 Å². The van der Waals surface area contributed by atoms with E-state index in [1.807, 2.05) is 0 Å². The summed E-state index contributed by atoms with van der Waals surface area (Å²) in [5.41, 5.74) is 0.181. The smallest absolute Gasteiger partial charge is 0.328 e. The van der Waals surface area contributed by atoms with Gasteiger partial charge in [-0.3, -0.25) is 4.79 Å². The summed E-state index contributed by atoms with van der Waals surface area (Å²) in [4.78, 5) is 33.3. The van der Waals surface area contributed by atoms with Crippen LogP contribution in [-0.2, 0) is 9.53 Å². The second-order valence-corrected chi connectivity index (χ2v) is 4.64. The van der Waals surface area contributed by atoms with E-state index >= 15 is 0 Å². The average Bonchev–Trinajstić information content (AvgIpc) is 2.46. The number of halogens is 1. The van der Waals surface area contributed by atoms with E-state index in [4.69, 9.17) is 16.3 Å². The van der Waals surface area contributed by atoms with Crippen LogP contribution in [-0.4, -0.2) is 46.4 Å². The molecule has 1 aliphatic heterocycles. The number of carbonyl (C=O) groups is 2. The summed E-state index contributed by atoms with van der Waals surface area (Å²) in [5, 5.41) is 0.222. The van der Waals surface area contributed by atoms with Gasteiger partial charge in [-0.05, 0) is 19.3 Å². The van der Waals surface area contributed by atoms with Gasteiger partial charge >= 0.3 is 5.97 Å². The van der Waals surface area contributed by atoms with Crippen molar-refractivity contribution in [3.8, 4) is 0 Å². The minimum atomic E-state index is -0.538. The predicted octanol–water partition coefficient (Wildman–Crippen LogP) is 1.30. The first-order valence-electron chi connectivity index (χ1n) is 6.00. The summed E-state index contributed by atoms with van der Waals surface area (Å²) in [7, 11) is 1.32. The molecular weight excluding hydrogens is 270 g/mol. The van der Waals surface area contributed by atoms with Crippen LogP contribution in [0.3, 0.4) is 0 Å². The van der Waals surface area contributed by atoms with Crippen LogP contribution >= 0.6 is 11.6 Å². The van der Waals surface area contributed by atoms with Gasteiger partial charge in [0.15, 0.2) is 0 Å². The first-order chi connectivity index (χ1) is 9.13. The topological polar surface area (TPSA) is 72.4 Å². The zero-order valence-corrected chi connectivity index (χ0v) is 11.3. The van der Waals surface area contributed by atoms with E-state index in [1.54, 1.807) is 0 Å². The van der Waals surface area contributed by atoms with Crippen molar-refractivity contribution < 1.29 is 14.3 Å². The van der Waals surface area contributed by atoms with Crippen molar-refractivity contribution in [1.82, 2.24) is 14.9 Å². The summed E-state index contributed by atoms with van der Waals surface area (Å²) in [6.45, 7) is 0.517. The number of piperidine rings is 1. The number of amides is 1. The lowest BCUT2D eigenvalue weighted by Gasteiger charge is -2.33. The quantitative estimate of drug-likeness (QED) is 0.765. The number of aromatic nitrogens is 2. The number of carbonyl (C=O) groups excluding carboxylic acids is 2. The van der Waals surface area contributed by atoms with Crippen LogP contribution in [0.1, 0.15) is 29.8 Å². The van der Waals surface area contributed by atoms with Crippen molar-refractivity contribution in [3.63, 3.8) is 0 Å². The summed E-state index contributed by atoms with van der Waals surface area (Å²) in [6.07, 6.45) is 5.00. The van der Waals surface area contributed by atoms with Gasteiger partial charge < -0.3 is 9.64 Å². The molecule has 1 unspecified atom stereocenters. The second kappa shape index (κ2) is 5.97. The van der Waals surface area contributed by atoms with Gasteiger partial charge in [0, 0.05) is 6.54 Å². The maximum atomic E-state index is 12.3. The zero-order chi connectivity index (χ0) is 13.8. The van der Waals surface area contributed by atoms with Gasteiger partial charge in [0.05, 0.1) is 19.5 Å². The van der Waals surface area contributed by atoms with Crippen molar-refractivity contribution in [2.45, 2.75) is 25.3 Å². The number of methoxy groups -OCH3 is 1. The average molecular weight is 284 g/mol. The summed E-state index contributed by atoms with van der Waals surface area (Å²) >= 11 is 5.63. The highest BCUT2D eigenvalue weighted by Crippen LogP contribution is 2.20. The number of rotatable bonds is 2. The predicted molar refractivity (Wildman–Crippen MR) is 67.7 cm³/mol. The Morgan fingerprint density at radius 1 is 1.37 bits per heavy atom. The molecule has 0 N–H and O–H groups in total. The molecule has 2 rings (SSSR count). The monoisotopic (exact) mass is 283 g/mol. The lowest BCUT2D eigenvalue weighted by molar-refractivity contribution is -0.147. The minimum absolute atomic E-state index is 0.181. The van der Waals surface area contributed by atoms with Gasteiger partial charge in [-0.25, -0.2) is 14.8 Å². The number of hydrogen-bond donors (Lipinski definition) is 0. The Hall–Kier alpha value is -1.69. The maximum Gasteiger partial charge on any atom is 0.328 e. The molecule has 1 amide bonds.